The molecule has 29 heavy (non-hydrogen) atoms. The Balaban J connectivity index is 1.72. The minimum absolute atomic E-state index is 0.531. The van der Waals surface area contributed by atoms with Crippen molar-refractivity contribution in [1.29, 1.82) is 0 Å². The van der Waals surface area contributed by atoms with E-state index in [-0.39, 0.29) is 0 Å². The quantitative estimate of drug-likeness (QED) is 0.394. The fourth-order valence-corrected chi connectivity index (χ4v) is 3.47. The third-order valence-corrected chi connectivity index (χ3v) is 5.40. The Hall–Kier alpha value is -2.63. The molecule has 7 heteroatoms. The van der Waals surface area contributed by atoms with E-state index in [2.05, 4.69) is 21.2 Å². The number of nitrogens with one attached hydrogen (secondary N) is 1. The number of nitrogens with zero attached hydrogens (tertiary/aromatic N) is 2. The number of ether oxygens (including phenoxy) is 2. The summed E-state index contributed by atoms with van der Waals surface area (Å²) in [5, 5.41) is 5.44. The number of halogens is 2. The average Bonchev–Trinajstić information content (AvgIpc) is 3.00. The van der Waals surface area contributed by atoms with Crippen molar-refractivity contribution in [2.75, 3.05) is 14.2 Å². The third kappa shape index (κ3) is 4.69. The molecule has 152 valence electrons. The molecule has 0 unspecified atom stereocenters. The minimum Gasteiger partial charge on any atom is -0.493 e. The minimum atomic E-state index is 0.531. The van der Waals surface area contributed by atoms with Gasteiger partial charge in [-0.05, 0) is 55.8 Å². The zero-order valence-electron chi connectivity index (χ0n) is 16.8. The van der Waals surface area contributed by atoms with Gasteiger partial charge >= 0.3 is 0 Å². The van der Waals surface area contributed by atoms with Crippen molar-refractivity contribution < 1.29 is 9.47 Å². The standard InChI is InChI=1S/C22H23Cl2N3O2/c1-14-9-17(15(2)27(14)18-6-7-19(23)20(24)11-18)13-26-25-12-16-5-8-21(28-3)22(10-16)29-4/h5-11,13,25H,12H2,1-4H3/b26-13-. The van der Waals surface area contributed by atoms with Crippen LogP contribution >= 0.6 is 23.2 Å². The van der Waals surface area contributed by atoms with Gasteiger partial charge in [0.25, 0.3) is 0 Å². The number of hydrazone groups is 1. The van der Waals surface area contributed by atoms with E-state index >= 15 is 0 Å². The first-order valence-corrected chi connectivity index (χ1v) is 9.81. The maximum Gasteiger partial charge on any atom is 0.161 e. The summed E-state index contributed by atoms with van der Waals surface area (Å²) in [5.74, 6) is 1.40. The van der Waals surface area contributed by atoms with Crippen LogP contribution in [0, 0.1) is 13.8 Å². The van der Waals surface area contributed by atoms with Crippen molar-refractivity contribution >= 4 is 29.4 Å². The third-order valence-electron chi connectivity index (χ3n) is 4.66. The van der Waals surface area contributed by atoms with Crippen LogP contribution in [0.15, 0.2) is 47.6 Å². The Kier molecular flexibility index (Phi) is 6.72. The van der Waals surface area contributed by atoms with Crippen LogP contribution in [0.5, 0.6) is 11.5 Å². The van der Waals surface area contributed by atoms with Gasteiger partial charge in [0.1, 0.15) is 0 Å². The molecule has 0 aliphatic rings. The van der Waals surface area contributed by atoms with Gasteiger partial charge in [-0.25, -0.2) is 0 Å². The summed E-state index contributed by atoms with van der Waals surface area (Å²) < 4.78 is 12.7. The van der Waals surface area contributed by atoms with Crippen molar-refractivity contribution in [3.05, 3.63) is 75.0 Å². The lowest BCUT2D eigenvalue weighted by Gasteiger charge is -2.10. The molecular weight excluding hydrogens is 409 g/mol. The number of methoxy groups -OCH3 is 2. The van der Waals surface area contributed by atoms with Crippen molar-refractivity contribution in [3.8, 4) is 17.2 Å². The number of rotatable bonds is 7. The Morgan fingerprint density at radius 2 is 1.72 bits per heavy atom. The highest BCUT2D eigenvalue weighted by atomic mass is 35.5. The van der Waals surface area contributed by atoms with Crippen LogP contribution < -0.4 is 14.9 Å². The summed E-state index contributed by atoms with van der Waals surface area (Å²) in [7, 11) is 3.24. The highest BCUT2D eigenvalue weighted by Crippen LogP contribution is 2.28. The molecular formula is C22H23Cl2N3O2. The summed E-state index contributed by atoms with van der Waals surface area (Å²) in [5.41, 5.74) is 8.26. The summed E-state index contributed by atoms with van der Waals surface area (Å²) >= 11 is 12.2. The van der Waals surface area contributed by atoms with Gasteiger partial charge in [-0.15, -0.1) is 0 Å². The number of hydrogen-bond donors (Lipinski definition) is 1. The van der Waals surface area contributed by atoms with E-state index < -0.39 is 0 Å². The SMILES string of the molecule is COc1ccc(CN/N=C\c2cc(C)n(-c3ccc(Cl)c(Cl)c3)c2C)cc1OC. The molecule has 0 aliphatic carbocycles. The van der Waals surface area contributed by atoms with Gasteiger partial charge in [-0.1, -0.05) is 29.3 Å². The first-order chi connectivity index (χ1) is 13.9. The maximum atomic E-state index is 6.18. The van der Waals surface area contributed by atoms with Crippen LogP contribution in [0.2, 0.25) is 10.0 Å². The van der Waals surface area contributed by atoms with Gasteiger partial charge in [-0.2, -0.15) is 5.10 Å². The van der Waals surface area contributed by atoms with Crippen molar-refractivity contribution in [1.82, 2.24) is 9.99 Å². The molecule has 3 aromatic rings. The monoisotopic (exact) mass is 431 g/mol. The van der Waals surface area contributed by atoms with Crippen molar-refractivity contribution in [2.24, 2.45) is 5.10 Å². The summed E-state index contributed by atoms with van der Waals surface area (Å²) in [6, 6.07) is 13.5. The highest BCUT2D eigenvalue weighted by molar-refractivity contribution is 6.42. The molecule has 0 aliphatic heterocycles. The average molecular weight is 432 g/mol. The topological polar surface area (TPSA) is 47.8 Å². The molecule has 1 N–H and O–H groups in total. The first-order valence-electron chi connectivity index (χ1n) is 9.05. The molecule has 0 spiro atoms. The highest BCUT2D eigenvalue weighted by Gasteiger charge is 2.11. The second-order valence-electron chi connectivity index (χ2n) is 6.54. The van der Waals surface area contributed by atoms with E-state index in [1.165, 1.54) is 0 Å². The zero-order chi connectivity index (χ0) is 21.0. The molecule has 0 atom stereocenters. The van der Waals surface area contributed by atoms with Crippen LogP contribution in [-0.2, 0) is 6.54 Å². The van der Waals surface area contributed by atoms with Gasteiger partial charge < -0.3 is 19.5 Å². The van der Waals surface area contributed by atoms with E-state index in [1.807, 2.05) is 50.4 Å². The smallest absolute Gasteiger partial charge is 0.161 e. The molecule has 0 fully saturated rings. The lowest BCUT2D eigenvalue weighted by Crippen LogP contribution is -2.06. The summed E-state index contributed by atoms with van der Waals surface area (Å²) in [6.07, 6.45) is 1.82. The normalized spacial score (nSPS) is 11.1. The van der Waals surface area contributed by atoms with E-state index in [9.17, 15) is 0 Å². The van der Waals surface area contributed by atoms with Gasteiger partial charge in [0.2, 0.25) is 0 Å². The Morgan fingerprint density at radius 3 is 2.41 bits per heavy atom. The molecule has 0 radical (unpaired) electrons. The number of aryl methyl sites for hydroxylation is 1. The zero-order valence-corrected chi connectivity index (χ0v) is 18.3. The first kappa shape index (κ1) is 21.1. The molecule has 0 saturated heterocycles. The fraction of sp³-hybridized carbons (Fsp3) is 0.227. The van der Waals surface area contributed by atoms with Crippen molar-refractivity contribution in [2.45, 2.75) is 20.4 Å². The molecule has 0 amide bonds. The van der Waals surface area contributed by atoms with Crippen LogP contribution in [0.3, 0.4) is 0 Å². The van der Waals surface area contributed by atoms with Gasteiger partial charge in [0, 0.05) is 22.6 Å². The summed E-state index contributed by atoms with van der Waals surface area (Å²) in [6.45, 7) is 4.66. The maximum absolute atomic E-state index is 6.18. The van der Waals surface area contributed by atoms with E-state index in [0.717, 1.165) is 28.2 Å². The van der Waals surface area contributed by atoms with Crippen molar-refractivity contribution in [3.63, 3.8) is 0 Å². The van der Waals surface area contributed by atoms with Gasteiger partial charge in [0.05, 0.1) is 37.0 Å². The number of benzene rings is 2. The molecule has 1 heterocycles. The Morgan fingerprint density at radius 1 is 0.966 bits per heavy atom. The second kappa shape index (κ2) is 9.25. The number of aromatic nitrogens is 1. The second-order valence-corrected chi connectivity index (χ2v) is 7.36. The van der Waals surface area contributed by atoms with Crippen LogP contribution in [0.25, 0.3) is 5.69 Å². The van der Waals surface area contributed by atoms with Crippen LogP contribution in [0.4, 0.5) is 0 Å². The molecule has 2 aromatic carbocycles. The molecule has 5 nitrogen and oxygen atoms in total. The molecule has 3 rings (SSSR count). The molecule has 1 aromatic heterocycles. The lowest BCUT2D eigenvalue weighted by atomic mass is 10.2. The van der Waals surface area contributed by atoms with E-state index in [4.69, 9.17) is 32.7 Å². The van der Waals surface area contributed by atoms with Gasteiger partial charge in [0.15, 0.2) is 11.5 Å². The fourth-order valence-electron chi connectivity index (χ4n) is 3.18. The summed E-state index contributed by atoms with van der Waals surface area (Å²) in [4.78, 5) is 0. The Bertz CT molecular complexity index is 1040. The van der Waals surface area contributed by atoms with Crippen LogP contribution in [0.1, 0.15) is 22.5 Å². The number of hydrogen-bond acceptors (Lipinski definition) is 4. The van der Waals surface area contributed by atoms with Crippen LogP contribution in [-0.4, -0.2) is 25.0 Å². The molecule has 0 saturated carbocycles. The van der Waals surface area contributed by atoms with Gasteiger partial charge in [-0.3, -0.25) is 0 Å². The van der Waals surface area contributed by atoms with E-state index in [1.54, 1.807) is 20.3 Å². The lowest BCUT2D eigenvalue weighted by molar-refractivity contribution is 0.354. The van der Waals surface area contributed by atoms with E-state index in [0.29, 0.717) is 28.1 Å². The molecule has 0 bridgehead atoms. The largest absolute Gasteiger partial charge is 0.493 e. The predicted octanol–water partition coefficient (Wildman–Crippen LogP) is 5.54. The Labute approximate surface area is 180 Å². The predicted molar refractivity (Wildman–Crippen MR) is 119 cm³/mol.